The van der Waals surface area contributed by atoms with Gasteiger partial charge in [-0.1, -0.05) is 54.6 Å². The van der Waals surface area contributed by atoms with E-state index in [4.69, 9.17) is 4.74 Å². The summed E-state index contributed by atoms with van der Waals surface area (Å²) in [5.74, 6) is 0.886. The topological polar surface area (TPSA) is 9.23 Å². The summed E-state index contributed by atoms with van der Waals surface area (Å²) in [6.45, 7) is 4.46. The van der Waals surface area contributed by atoms with Crippen LogP contribution in [0, 0.1) is 13.8 Å². The van der Waals surface area contributed by atoms with Gasteiger partial charge in [-0.15, -0.1) is 0 Å². The highest BCUT2D eigenvalue weighted by molar-refractivity contribution is 6.10. The maximum atomic E-state index is 5.29. The van der Waals surface area contributed by atoms with E-state index in [1.165, 1.54) is 43.8 Å². The lowest BCUT2D eigenvalue weighted by atomic mass is 9.88. The third-order valence-corrected chi connectivity index (χ3v) is 4.98. The van der Waals surface area contributed by atoms with Crippen LogP contribution in [0.3, 0.4) is 0 Å². The zero-order valence-electron chi connectivity index (χ0n) is 14.3. The number of ether oxygens (including phenoxy) is 1. The standard InChI is InChI=1S/C23H20O/c1-15-19-7-4-5-8-20(19)16(2)23-21(15)9-6-10-22(23)17-11-13-18(24-3)14-12-17/h4-14H,1-3H3. The SMILES string of the molecule is COc1ccc(-c2cccc3c(C)c4ccccc4c(C)c23)cc1. The molecule has 0 amide bonds. The van der Waals surface area contributed by atoms with Crippen LogP contribution in [-0.4, -0.2) is 7.11 Å². The molecule has 0 aliphatic carbocycles. The average molecular weight is 312 g/mol. The summed E-state index contributed by atoms with van der Waals surface area (Å²) < 4.78 is 5.29. The first-order valence-corrected chi connectivity index (χ1v) is 8.26. The second-order valence-corrected chi connectivity index (χ2v) is 6.25. The van der Waals surface area contributed by atoms with Crippen LogP contribution in [0.5, 0.6) is 5.75 Å². The van der Waals surface area contributed by atoms with E-state index >= 15 is 0 Å². The van der Waals surface area contributed by atoms with E-state index in [9.17, 15) is 0 Å². The van der Waals surface area contributed by atoms with Gasteiger partial charge in [-0.3, -0.25) is 0 Å². The molecule has 0 unspecified atom stereocenters. The highest BCUT2D eigenvalue weighted by atomic mass is 16.5. The molecule has 24 heavy (non-hydrogen) atoms. The number of benzene rings is 4. The van der Waals surface area contributed by atoms with Crippen LogP contribution in [-0.2, 0) is 0 Å². The van der Waals surface area contributed by atoms with Crippen LogP contribution in [0.2, 0.25) is 0 Å². The van der Waals surface area contributed by atoms with Gasteiger partial charge in [-0.25, -0.2) is 0 Å². The van der Waals surface area contributed by atoms with Gasteiger partial charge in [0.05, 0.1) is 7.11 Å². The van der Waals surface area contributed by atoms with Gasteiger partial charge in [-0.2, -0.15) is 0 Å². The van der Waals surface area contributed by atoms with Gasteiger partial charge in [0.15, 0.2) is 0 Å². The first kappa shape index (κ1) is 14.8. The van der Waals surface area contributed by atoms with Gasteiger partial charge in [0, 0.05) is 0 Å². The molecule has 1 nitrogen and oxygen atoms in total. The molecule has 0 saturated carbocycles. The van der Waals surface area contributed by atoms with Crippen molar-refractivity contribution < 1.29 is 4.74 Å². The quantitative estimate of drug-likeness (QED) is 0.395. The van der Waals surface area contributed by atoms with Gasteiger partial charge < -0.3 is 4.74 Å². The van der Waals surface area contributed by atoms with Crippen molar-refractivity contribution in [2.75, 3.05) is 7.11 Å². The summed E-state index contributed by atoms with van der Waals surface area (Å²) in [5, 5.41) is 5.36. The summed E-state index contributed by atoms with van der Waals surface area (Å²) in [4.78, 5) is 0. The molecule has 4 rings (SSSR count). The van der Waals surface area contributed by atoms with Crippen molar-refractivity contribution in [3.8, 4) is 16.9 Å². The van der Waals surface area contributed by atoms with Crippen molar-refractivity contribution in [1.82, 2.24) is 0 Å². The summed E-state index contributed by atoms with van der Waals surface area (Å²) in [5.41, 5.74) is 5.19. The van der Waals surface area contributed by atoms with Crippen LogP contribution >= 0.6 is 0 Å². The van der Waals surface area contributed by atoms with Crippen LogP contribution in [0.4, 0.5) is 0 Å². The molecule has 0 saturated heterocycles. The Morgan fingerprint density at radius 1 is 0.625 bits per heavy atom. The lowest BCUT2D eigenvalue weighted by molar-refractivity contribution is 0.415. The Labute approximate surface area is 142 Å². The van der Waals surface area contributed by atoms with Crippen molar-refractivity contribution >= 4 is 21.5 Å². The Morgan fingerprint density at radius 2 is 1.25 bits per heavy atom. The van der Waals surface area contributed by atoms with Crippen LogP contribution in [0.25, 0.3) is 32.7 Å². The van der Waals surface area contributed by atoms with Gasteiger partial charge >= 0.3 is 0 Å². The summed E-state index contributed by atoms with van der Waals surface area (Å²) >= 11 is 0. The van der Waals surface area contributed by atoms with E-state index in [0.717, 1.165) is 5.75 Å². The fraction of sp³-hybridized carbons (Fsp3) is 0.130. The number of rotatable bonds is 2. The molecule has 0 fully saturated rings. The molecule has 0 N–H and O–H groups in total. The summed E-state index contributed by atoms with van der Waals surface area (Å²) in [7, 11) is 1.70. The third-order valence-electron chi connectivity index (χ3n) is 4.98. The molecule has 118 valence electrons. The van der Waals surface area contributed by atoms with Crippen molar-refractivity contribution in [1.29, 1.82) is 0 Å². The number of hydrogen-bond acceptors (Lipinski definition) is 1. The number of methoxy groups -OCH3 is 1. The van der Waals surface area contributed by atoms with Crippen LogP contribution in [0.1, 0.15) is 11.1 Å². The molecule has 0 radical (unpaired) electrons. The highest BCUT2D eigenvalue weighted by Crippen LogP contribution is 2.38. The van der Waals surface area contributed by atoms with Crippen molar-refractivity contribution in [2.24, 2.45) is 0 Å². The molecular weight excluding hydrogens is 292 g/mol. The fourth-order valence-corrected chi connectivity index (χ4v) is 3.70. The molecule has 1 heteroatoms. The molecule has 0 bridgehead atoms. The van der Waals surface area contributed by atoms with E-state index in [1.54, 1.807) is 7.11 Å². The maximum absolute atomic E-state index is 5.29. The largest absolute Gasteiger partial charge is 0.497 e. The first-order valence-electron chi connectivity index (χ1n) is 8.26. The highest BCUT2D eigenvalue weighted by Gasteiger charge is 2.12. The van der Waals surface area contributed by atoms with Crippen molar-refractivity contribution in [3.05, 3.63) is 77.9 Å². The maximum Gasteiger partial charge on any atom is 0.118 e. The zero-order valence-corrected chi connectivity index (χ0v) is 14.3. The molecule has 4 aromatic carbocycles. The lowest BCUT2D eigenvalue weighted by Gasteiger charge is -2.16. The molecule has 0 aliphatic heterocycles. The van der Waals surface area contributed by atoms with E-state index in [2.05, 4.69) is 68.4 Å². The molecule has 0 heterocycles. The van der Waals surface area contributed by atoms with Gasteiger partial charge in [-0.05, 0) is 69.8 Å². The number of fused-ring (bicyclic) bond motifs is 2. The predicted octanol–water partition coefficient (Wildman–Crippen LogP) is 6.29. The Hall–Kier alpha value is -2.80. The first-order chi connectivity index (χ1) is 11.7. The molecule has 0 spiro atoms. The van der Waals surface area contributed by atoms with E-state index in [1.807, 2.05) is 12.1 Å². The summed E-state index contributed by atoms with van der Waals surface area (Å²) in [6, 6.07) is 23.6. The Balaban J connectivity index is 2.10. The molecule has 0 aromatic heterocycles. The zero-order chi connectivity index (χ0) is 16.7. The van der Waals surface area contributed by atoms with Gasteiger partial charge in [0.1, 0.15) is 5.75 Å². The smallest absolute Gasteiger partial charge is 0.118 e. The van der Waals surface area contributed by atoms with Crippen molar-refractivity contribution in [2.45, 2.75) is 13.8 Å². The summed E-state index contributed by atoms with van der Waals surface area (Å²) in [6.07, 6.45) is 0. The van der Waals surface area contributed by atoms with Gasteiger partial charge in [0.25, 0.3) is 0 Å². The predicted molar refractivity (Wildman–Crippen MR) is 103 cm³/mol. The fourth-order valence-electron chi connectivity index (χ4n) is 3.70. The molecule has 4 aromatic rings. The lowest BCUT2D eigenvalue weighted by Crippen LogP contribution is -1.91. The Bertz CT molecular complexity index is 1040. The van der Waals surface area contributed by atoms with Crippen molar-refractivity contribution in [3.63, 3.8) is 0 Å². The van der Waals surface area contributed by atoms with E-state index < -0.39 is 0 Å². The minimum Gasteiger partial charge on any atom is -0.497 e. The molecule has 0 atom stereocenters. The minimum absolute atomic E-state index is 0.886. The Kier molecular flexibility index (Phi) is 3.50. The van der Waals surface area contributed by atoms with Gasteiger partial charge in [0.2, 0.25) is 0 Å². The normalized spacial score (nSPS) is 11.1. The number of aryl methyl sites for hydroxylation is 2. The third kappa shape index (κ3) is 2.16. The monoisotopic (exact) mass is 312 g/mol. The van der Waals surface area contributed by atoms with Crippen LogP contribution < -0.4 is 4.74 Å². The second-order valence-electron chi connectivity index (χ2n) is 6.25. The van der Waals surface area contributed by atoms with Crippen LogP contribution in [0.15, 0.2) is 66.7 Å². The second kappa shape index (κ2) is 5.68. The minimum atomic E-state index is 0.886. The van der Waals surface area contributed by atoms with E-state index in [-0.39, 0.29) is 0 Å². The Morgan fingerprint density at radius 3 is 1.92 bits per heavy atom. The molecule has 0 aliphatic rings. The molecular formula is C23H20O. The average Bonchev–Trinajstić information content (AvgIpc) is 2.65. The number of hydrogen-bond donors (Lipinski definition) is 0. The van der Waals surface area contributed by atoms with E-state index in [0.29, 0.717) is 0 Å².